The highest BCUT2D eigenvalue weighted by molar-refractivity contribution is 5.93. The summed E-state index contributed by atoms with van der Waals surface area (Å²) in [6.07, 6.45) is 4.85. The SMILES string of the molecule is CCOC(=O)Cc1ccccc1OCc1coc2c(C=C3CCOCC3)cc(-c3cccc([C@@H](C)NC(=O)OC(C)(C)C)c3F)cc12. The molecule has 1 saturated heterocycles. The highest BCUT2D eigenvalue weighted by atomic mass is 19.1. The number of para-hydroxylation sites is 1. The number of esters is 1. The summed E-state index contributed by atoms with van der Waals surface area (Å²) < 4.78 is 44.7. The van der Waals surface area contributed by atoms with Gasteiger partial charge in [0.2, 0.25) is 0 Å². The summed E-state index contributed by atoms with van der Waals surface area (Å²) in [5, 5.41) is 3.53. The average molecular weight is 644 g/mol. The molecule has 1 atom stereocenters. The molecule has 1 aromatic heterocycles. The van der Waals surface area contributed by atoms with Crippen molar-refractivity contribution in [1.29, 1.82) is 0 Å². The van der Waals surface area contributed by atoms with Crippen molar-refractivity contribution >= 4 is 29.1 Å². The van der Waals surface area contributed by atoms with Gasteiger partial charge in [0.05, 0.1) is 38.5 Å². The van der Waals surface area contributed by atoms with Gasteiger partial charge in [-0.2, -0.15) is 0 Å². The third kappa shape index (κ3) is 8.60. The second kappa shape index (κ2) is 14.9. The van der Waals surface area contributed by atoms with Gasteiger partial charge in [0.1, 0.15) is 29.4 Å². The summed E-state index contributed by atoms with van der Waals surface area (Å²) in [5.74, 6) is -0.192. The topological polar surface area (TPSA) is 96.2 Å². The molecule has 3 aromatic carbocycles. The maximum absolute atomic E-state index is 16.3. The Hall–Kier alpha value is -4.63. The van der Waals surface area contributed by atoms with Crippen molar-refractivity contribution in [2.75, 3.05) is 19.8 Å². The molecule has 0 saturated carbocycles. The fourth-order valence-electron chi connectivity index (χ4n) is 5.57. The molecule has 0 bridgehead atoms. The van der Waals surface area contributed by atoms with Gasteiger partial charge in [-0.05, 0) is 71.2 Å². The summed E-state index contributed by atoms with van der Waals surface area (Å²) in [7, 11) is 0. The first-order chi connectivity index (χ1) is 22.5. The number of ether oxygens (including phenoxy) is 4. The van der Waals surface area contributed by atoms with Gasteiger partial charge < -0.3 is 28.7 Å². The first-order valence-corrected chi connectivity index (χ1v) is 16.0. The lowest BCUT2D eigenvalue weighted by Gasteiger charge is -2.22. The molecule has 1 N–H and O–H groups in total. The predicted molar refractivity (Wildman–Crippen MR) is 179 cm³/mol. The molecule has 1 amide bonds. The van der Waals surface area contributed by atoms with Crippen LogP contribution in [0.1, 0.15) is 75.8 Å². The van der Waals surface area contributed by atoms with Crippen molar-refractivity contribution in [3.8, 4) is 16.9 Å². The van der Waals surface area contributed by atoms with Crippen molar-refractivity contribution < 1.29 is 37.3 Å². The summed E-state index contributed by atoms with van der Waals surface area (Å²) in [5.41, 5.74) is 4.92. The molecule has 9 heteroatoms. The minimum atomic E-state index is -0.677. The molecule has 47 heavy (non-hydrogen) atoms. The summed E-state index contributed by atoms with van der Waals surface area (Å²) in [6, 6.07) is 15.7. The monoisotopic (exact) mass is 643 g/mol. The Morgan fingerprint density at radius 2 is 1.81 bits per heavy atom. The van der Waals surface area contributed by atoms with Crippen LogP contribution < -0.4 is 10.1 Å². The first kappa shape index (κ1) is 33.7. The van der Waals surface area contributed by atoms with E-state index in [1.54, 1.807) is 59.1 Å². The standard InChI is InChI=1S/C38H42FNO7/c1-6-44-34(41)21-26-10-7-8-13-33(26)45-22-29-23-46-36-28(18-25-14-16-43-17-15-25)19-27(20-32(29)36)31-12-9-11-30(35(31)39)24(2)40-37(42)47-38(3,4)5/h7-13,18-20,23-24H,6,14-17,21-22H2,1-5H3,(H,40,42)/t24-/m1/s1. The van der Waals surface area contributed by atoms with Crippen LogP contribution in [-0.4, -0.2) is 37.5 Å². The second-order valence-electron chi connectivity index (χ2n) is 12.6. The normalized spacial score (nSPS) is 14.0. The zero-order valence-corrected chi connectivity index (χ0v) is 27.6. The van der Waals surface area contributed by atoms with Crippen LogP contribution in [-0.2, 0) is 32.0 Å². The lowest BCUT2D eigenvalue weighted by molar-refractivity contribution is -0.142. The third-order valence-corrected chi connectivity index (χ3v) is 7.81. The summed E-state index contributed by atoms with van der Waals surface area (Å²) >= 11 is 0. The van der Waals surface area contributed by atoms with E-state index < -0.39 is 23.6 Å². The summed E-state index contributed by atoms with van der Waals surface area (Å²) in [6.45, 7) is 10.6. The van der Waals surface area contributed by atoms with Gasteiger partial charge in [0.15, 0.2) is 0 Å². The molecule has 248 valence electrons. The highest BCUT2D eigenvalue weighted by Crippen LogP contribution is 2.36. The molecule has 1 aliphatic heterocycles. The molecular formula is C38H42FNO7. The zero-order valence-electron chi connectivity index (χ0n) is 27.6. The molecule has 0 aliphatic carbocycles. The van der Waals surface area contributed by atoms with E-state index in [9.17, 15) is 9.59 Å². The van der Waals surface area contributed by atoms with Crippen LogP contribution in [0.15, 0.2) is 70.9 Å². The Bertz CT molecular complexity index is 1760. The van der Waals surface area contributed by atoms with Crippen molar-refractivity contribution in [1.82, 2.24) is 5.32 Å². The molecule has 8 nitrogen and oxygen atoms in total. The van der Waals surface area contributed by atoms with Crippen molar-refractivity contribution in [2.45, 2.75) is 72.1 Å². The van der Waals surface area contributed by atoms with E-state index in [0.717, 1.165) is 34.9 Å². The number of carbonyl (C=O) groups is 2. The fourth-order valence-corrected chi connectivity index (χ4v) is 5.57. The Labute approximate surface area is 274 Å². The number of rotatable bonds is 10. The third-order valence-electron chi connectivity index (χ3n) is 7.81. The fraction of sp³-hybridized carbons (Fsp3) is 0.368. The van der Waals surface area contributed by atoms with E-state index in [1.807, 2.05) is 36.4 Å². The number of alkyl carbamates (subject to hydrolysis) is 1. The Morgan fingerprint density at radius 1 is 1.04 bits per heavy atom. The Kier molecular flexibility index (Phi) is 10.7. The number of hydrogen-bond donors (Lipinski definition) is 1. The maximum Gasteiger partial charge on any atom is 0.408 e. The van der Waals surface area contributed by atoms with Gasteiger partial charge in [-0.15, -0.1) is 0 Å². The number of benzene rings is 3. The van der Waals surface area contributed by atoms with E-state index in [1.165, 1.54) is 5.57 Å². The number of fused-ring (bicyclic) bond motifs is 1. The van der Waals surface area contributed by atoms with Crippen LogP contribution in [0, 0.1) is 5.82 Å². The quantitative estimate of drug-likeness (QED) is 0.173. The Balaban J connectivity index is 1.51. The van der Waals surface area contributed by atoms with Gasteiger partial charge >= 0.3 is 12.1 Å². The van der Waals surface area contributed by atoms with Crippen LogP contribution in [0.4, 0.5) is 9.18 Å². The molecule has 1 aliphatic rings. The maximum atomic E-state index is 16.3. The van der Waals surface area contributed by atoms with Gasteiger partial charge in [-0.3, -0.25) is 4.79 Å². The minimum absolute atomic E-state index is 0.0958. The predicted octanol–water partition coefficient (Wildman–Crippen LogP) is 8.70. The van der Waals surface area contributed by atoms with Crippen molar-refractivity contribution in [2.24, 2.45) is 0 Å². The van der Waals surface area contributed by atoms with Crippen molar-refractivity contribution in [3.05, 3.63) is 94.5 Å². The van der Waals surface area contributed by atoms with Gasteiger partial charge in [0.25, 0.3) is 0 Å². The van der Waals surface area contributed by atoms with E-state index in [2.05, 4.69) is 11.4 Å². The molecule has 2 heterocycles. The minimum Gasteiger partial charge on any atom is -0.488 e. The van der Waals surface area contributed by atoms with E-state index in [0.29, 0.717) is 47.8 Å². The lowest BCUT2D eigenvalue weighted by Crippen LogP contribution is -2.34. The first-order valence-electron chi connectivity index (χ1n) is 16.0. The molecule has 4 aromatic rings. The smallest absolute Gasteiger partial charge is 0.408 e. The van der Waals surface area contributed by atoms with Gasteiger partial charge in [-0.25, -0.2) is 9.18 Å². The number of amides is 1. The molecule has 1 fully saturated rings. The molecule has 0 radical (unpaired) electrons. The van der Waals surface area contributed by atoms with E-state index in [4.69, 9.17) is 23.4 Å². The molecular weight excluding hydrogens is 601 g/mol. The number of nitrogens with one attached hydrogen (secondary N) is 1. The number of carbonyl (C=O) groups excluding carboxylic acids is 2. The Morgan fingerprint density at radius 3 is 2.55 bits per heavy atom. The highest BCUT2D eigenvalue weighted by Gasteiger charge is 2.22. The van der Waals surface area contributed by atoms with Crippen LogP contribution in [0.3, 0.4) is 0 Å². The van der Waals surface area contributed by atoms with Crippen LogP contribution in [0.5, 0.6) is 5.75 Å². The van der Waals surface area contributed by atoms with Crippen LogP contribution in [0.25, 0.3) is 28.2 Å². The van der Waals surface area contributed by atoms with E-state index in [-0.39, 0.29) is 19.0 Å². The zero-order chi connectivity index (χ0) is 33.6. The number of halogens is 1. The number of furan rings is 1. The van der Waals surface area contributed by atoms with Gasteiger partial charge in [0, 0.05) is 33.2 Å². The number of hydrogen-bond acceptors (Lipinski definition) is 7. The lowest BCUT2D eigenvalue weighted by atomic mass is 9.94. The largest absolute Gasteiger partial charge is 0.488 e. The van der Waals surface area contributed by atoms with Crippen molar-refractivity contribution in [3.63, 3.8) is 0 Å². The van der Waals surface area contributed by atoms with Crippen LogP contribution in [0.2, 0.25) is 0 Å². The van der Waals surface area contributed by atoms with Gasteiger partial charge in [-0.1, -0.05) is 48.0 Å². The molecule has 0 spiro atoms. The summed E-state index contributed by atoms with van der Waals surface area (Å²) in [4.78, 5) is 24.6. The molecule has 0 unspecified atom stereocenters. The molecule has 5 rings (SSSR count). The van der Waals surface area contributed by atoms with Crippen LogP contribution >= 0.6 is 0 Å². The average Bonchev–Trinajstić information content (AvgIpc) is 3.43. The second-order valence-corrected chi connectivity index (χ2v) is 12.6. The van der Waals surface area contributed by atoms with E-state index >= 15 is 4.39 Å².